The molecule has 118 valence electrons. The van der Waals surface area contributed by atoms with Gasteiger partial charge in [-0.15, -0.1) is 0 Å². The van der Waals surface area contributed by atoms with Crippen molar-refractivity contribution in [2.24, 2.45) is 23.2 Å². The summed E-state index contributed by atoms with van der Waals surface area (Å²) in [7, 11) is 0. The molecule has 1 aliphatic rings. The van der Waals surface area contributed by atoms with Gasteiger partial charge in [0.1, 0.15) is 0 Å². The van der Waals surface area contributed by atoms with Gasteiger partial charge in [0, 0.05) is 0 Å². The molecule has 0 radical (unpaired) electrons. The first kappa shape index (κ1) is 19.5. The Hall–Kier alpha value is -0.520. The fourth-order valence-electron chi connectivity index (χ4n) is 3.22. The van der Waals surface area contributed by atoms with Crippen LogP contribution in [0.5, 0.6) is 0 Å². The molecule has 1 rings (SSSR count). The van der Waals surface area contributed by atoms with Crippen molar-refractivity contribution in [1.82, 2.24) is 0 Å². The molecule has 0 amide bonds. The minimum Gasteiger partial charge on any atom is -0.0859 e. The summed E-state index contributed by atoms with van der Waals surface area (Å²) in [6.45, 7) is 20.5. The number of rotatable bonds is 5. The van der Waals surface area contributed by atoms with Crippen LogP contribution in [0.1, 0.15) is 81.6 Å². The third kappa shape index (κ3) is 4.79. The van der Waals surface area contributed by atoms with Gasteiger partial charge in [0.05, 0.1) is 0 Å². The maximum Gasteiger partial charge on any atom is -0.0170 e. The average Bonchev–Trinajstić information content (AvgIpc) is 2.69. The molecule has 0 spiro atoms. The molecule has 0 nitrogen and oxygen atoms in total. The Morgan fingerprint density at radius 3 is 2.25 bits per heavy atom. The number of hydrogen-bond acceptors (Lipinski definition) is 0. The van der Waals surface area contributed by atoms with Crippen LogP contribution in [0.25, 0.3) is 0 Å². The van der Waals surface area contributed by atoms with Gasteiger partial charge < -0.3 is 0 Å². The first-order chi connectivity index (χ1) is 9.29. The molecule has 0 aromatic rings. The molecule has 0 aliphatic heterocycles. The monoisotopic (exact) mass is 278 g/mol. The van der Waals surface area contributed by atoms with Crippen LogP contribution in [0.3, 0.4) is 0 Å². The summed E-state index contributed by atoms with van der Waals surface area (Å²) < 4.78 is 0. The average molecular weight is 279 g/mol. The van der Waals surface area contributed by atoms with Crippen molar-refractivity contribution in [2.75, 3.05) is 0 Å². The minimum atomic E-state index is 0.486. The highest BCUT2D eigenvalue weighted by molar-refractivity contribution is 5.21. The fourth-order valence-corrected chi connectivity index (χ4v) is 3.22. The van der Waals surface area contributed by atoms with Crippen LogP contribution in [0.15, 0.2) is 23.3 Å². The highest BCUT2D eigenvalue weighted by Crippen LogP contribution is 2.50. The third-order valence-corrected chi connectivity index (χ3v) is 5.31. The van der Waals surface area contributed by atoms with Gasteiger partial charge in [-0.2, -0.15) is 0 Å². The predicted molar refractivity (Wildman–Crippen MR) is 94.0 cm³/mol. The summed E-state index contributed by atoms with van der Waals surface area (Å²) in [6.07, 6.45) is 8.71. The van der Waals surface area contributed by atoms with E-state index in [0.717, 1.165) is 17.8 Å². The van der Waals surface area contributed by atoms with Crippen LogP contribution in [-0.4, -0.2) is 0 Å². The zero-order chi connectivity index (χ0) is 15.9. The third-order valence-electron chi connectivity index (χ3n) is 5.31. The molecule has 0 heterocycles. The maximum absolute atomic E-state index is 2.54. The van der Waals surface area contributed by atoms with E-state index >= 15 is 0 Å². The summed E-state index contributed by atoms with van der Waals surface area (Å²) in [6, 6.07) is 0. The van der Waals surface area contributed by atoms with Gasteiger partial charge in [-0.3, -0.25) is 0 Å². The topological polar surface area (TPSA) is 0 Å². The maximum atomic E-state index is 2.54. The van der Waals surface area contributed by atoms with Crippen LogP contribution in [0, 0.1) is 23.2 Å². The second kappa shape index (κ2) is 8.70. The van der Waals surface area contributed by atoms with Gasteiger partial charge in [-0.25, -0.2) is 0 Å². The first-order valence-corrected chi connectivity index (χ1v) is 8.62. The molecule has 0 heteroatoms. The highest BCUT2D eigenvalue weighted by Gasteiger charge is 2.40. The van der Waals surface area contributed by atoms with E-state index in [-0.39, 0.29) is 0 Å². The van der Waals surface area contributed by atoms with Crippen LogP contribution in [-0.2, 0) is 0 Å². The molecular weight excluding hydrogens is 240 g/mol. The second-order valence-corrected chi connectivity index (χ2v) is 7.05. The second-order valence-electron chi connectivity index (χ2n) is 7.05. The van der Waals surface area contributed by atoms with Crippen LogP contribution in [0.2, 0.25) is 0 Å². The van der Waals surface area contributed by atoms with Crippen molar-refractivity contribution < 1.29 is 0 Å². The summed E-state index contributed by atoms with van der Waals surface area (Å²) in [5.41, 5.74) is 3.65. The standard InChI is InChI=1S/C18H32.C2H6/c1-13(2)9-8-10-15(5)17-11-12-18(7,14(3)4)16(17)6;1-2/h9,11,14-16H,8,10,12H2,1-7H3;1-2H3. The zero-order valence-electron chi connectivity index (χ0n) is 15.5. The zero-order valence-corrected chi connectivity index (χ0v) is 15.5. The van der Waals surface area contributed by atoms with Crippen molar-refractivity contribution in [1.29, 1.82) is 0 Å². The molecule has 0 saturated carbocycles. The fraction of sp³-hybridized carbons (Fsp3) is 0.800. The Balaban J connectivity index is 0.00000172. The molecule has 20 heavy (non-hydrogen) atoms. The van der Waals surface area contributed by atoms with E-state index in [1.807, 2.05) is 13.8 Å². The summed E-state index contributed by atoms with van der Waals surface area (Å²) in [4.78, 5) is 0. The summed E-state index contributed by atoms with van der Waals surface area (Å²) in [5.74, 6) is 2.27. The molecule has 0 fully saturated rings. The smallest absolute Gasteiger partial charge is 0.0170 e. The van der Waals surface area contributed by atoms with E-state index in [1.165, 1.54) is 24.8 Å². The highest BCUT2D eigenvalue weighted by atomic mass is 14.4. The molecule has 3 unspecified atom stereocenters. The van der Waals surface area contributed by atoms with E-state index in [1.54, 1.807) is 5.57 Å². The van der Waals surface area contributed by atoms with Gasteiger partial charge in [-0.1, -0.05) is 71.8 Å². The lowest BCUT2D eigenvalue weighted by Gasteiger charge is -2.36. The molecule has 0 bridgehead atoms. The van der Waals surface area contributed by atoms with Gasteiger partial charge in [0.2, 0.25) is 0 Å². The Kier molecular flexibility index (Phi) is 8.47. The Labute approximate surface area is 128 Å². The van der Waals surface area contributed by atoms with Crippen molar-refractivity contribution >= 4 is 0 Å². The van der Waals surface area contributed by atoms with Crippen LogP contribution in [0.4, 0.5) is 0 Å². The molecule has 1 aliphatic carbocycles. The van der Waals surface area contributed by atoms with Gasteiger partial charge in [0.15, 0.2) is 0 Å². The predicted octanol–water partition coefficient (Wildman–Crippen LogP) is 7.02. The Morgan fingerprint density at radius 1 is 1.30 bits per heavy atom. The van der Waals surface area contributed by atoms with Crippen molar-refractivity contribution in [3.63, 3.8) is 0 Å². The van der Waals surface area contributed by atoms with E-state index < -0.39 is 0 Å². The normalized spacial score (nSPS) is 26.7. The quantitative estimate of drug-likeness (QED) is 0.474. The van der Waals surface area contributed by atoms with Crippen molar-refractivity contribution in [2.45, 2.75) is 81.6 Å². The van der Waals surface area contributed by atoms with Crippen LogP contribution < -0.4 is 0 Å². The Morgan fingerprint density at radius 2 is 1.85 bits per heavy atom. The lowest BCUT2D eigenvalue weighted by atomic mass is 9.68. The van der Waals surface area contributed by atoms with E-state index in [0.29, 0.717) is 5.41 Å². The lowest BCUT2D eigenvalue weighted by Crippen LogP contribution is -2.29. The number of hydrogen-bond donors (Lipinski definition) is 0. The Bertz CT molecular complexity index is 328. The van der Waals surface area contributed by atoms with Gasteiger partial charge in [0.25, 0.3) is 0 Å². The summed E-state index contributed by atoms with van der Waals surface area (Å²) >= 11 is 0. The molecule has 0 saturated heterocycles. The molecule has 0 aromatic heterocycles. The first-order valence-electron chi connectivity index (χ1n) is 8.62. The van der Waals surface area contributed by atoms with E-state index in [9.17, 15) is 0 Å². The van der Waals surface area contributed by atoms with E-state index in [4.69, 9.17) is 0 Å². The van der Waals surface area contributed by atoms with E-state index in [2.05, 4.69) is 60.6 Å². The lowest BCUT2D eigenvalue weighted by molar-refractivity contribution is 0.164. The minimum absolute atomic E-state index is 0.486. The van der Waals surface area contributed by atoms with Crippen LogP contribution >= 0.6 is 0 Å². The molecule has 3 atom stereocenters. The summed E-state index contributed by atoms with van der Waals surface area (Å²) in [5, 5.41) is 0. The van der Waals surface area contributed by atoms with Gasteiger partial charge >= 0.3 is 0 Å². The molecule has 0 N–H and O–H groups in total. The number of allylic oxidation sites excluding steroid dienone is 4. The van der Waals surface area contributed by atoms with Gasteiger partial charge in [-0.05, 0) is 56.3 Å². The molecular formula is C20H38. The SMILES string of the molecule is CC.CC(C)=CCCC(C)C1=CCC(C)(C(C)C)C1C. The molecule has 0 aromatic carbocycles. The largest absolute Gasteiger partial charge is 0.0859 e. The van der Waals surface area contributed by atoms with Crippen molar-refractivity contribution in [3.8, 4) is 0 Å². The van der Waals surface area contributed by atoms with Crippen molar-refractivity contribution in [3.05, 3.63) is 23.3 Å².